The van der Waals surface area contributed by atoms with Crippen LogP contribution in [0.1, 0.15) is 23.7 Å². The quantitative estimate of drug-likeness (QED) is 0.705. The van der Waals surface area contributed by atoms with Gasteiger partial charge in [0, 0.05) is 11.3 Å². The minimum absolute atomic E-state index is 0.0276. The number of ether oxygens (including phenoxy) is 2. The predicted molar refractivity (Wildman–Crippen MR) is 95.7 cm³/mol. The van der Waals surface area contributed by atoms with E-state index in [1.54, 1.807) is 24.3 Å². The van der Waals surface area contributed by atoms with Gasteiger partial charge >= 0.3 is 5.97 Å². The van der Waals surface area contributed by atoms with Gasteiger partial charge in [0.1, 0.15) is 5.75 Å². The zero-order valence-electron chi connectivity index (χ0n) is 14.3. The highest BCUT2D eigenvalue weighted by molar-refractivity contribution is 5.96. The van der Waals surface area contributed by atoms with Gasteiger partial charge in [-0.1, -0.05) is 18.2 Å². The van der Waals surface area contributed by atoms with Gasteiger partial charge in [0.05, 0.1) is 13.0 Å². The number of rotatable bonds is 8. The van der Waals surface area contributed by atoms with E-state index in [1.807, 2.05) is 18.2 Å². The lowest BCUT2D eigenvalue weighted by Crippen LogP contribution is -2.30. The van der Waals surface area contributed by atoms with Crippen molar-refractivity contribution in [3.63, 3.8) is 0 Å². The Balaban J connectivity index is 1.75. The van der Waals surface area contributed by atoms with Crippen molar-refractivity contribution >= 4 is 23.5 Å². The molecule has 2 aromatic rings. The third-order valence-electron chi connectivity index (χ3n) is 3.43. The van der Waals surface area contributed by atoms with Gasteiger partial charge in [-0.25, -0.2) is 0 Å². The maximum absolute atomic E-state index is 12.1. The smallest absolute Gasteiger partial charge is 0.310 e. The molecule has 0 unspecified atom stereocenters. The molecule has 7 nitrogen and oxygen atoms in total. The molecule has 0 saturated heterocycles. The number of hydrogen-bond donors (Lipinski definition) is 2. The van der Waals surface area contributed by atoms with Crippen molar-refractivity contribution in [1.29, 1.82) is 0 Å². The zero-order chi connectivity index (χ0) is 18.9. The van der Waals surface area contributed by atoms with Crippen molar-refractivity contribution in [2.24, 2.45) is 5.73 Å². The molecule has 2 aromatic carbocycles. The highest BCUT2D eigenvalue weighted by Gasteiger charge is 2.18. The third kappa shape index (κ3) is 5.94. The van der Waals surface area contributed by atoms with E-state index in [-0.39, 0.29) is 13.0 Å². The lowest BCUT2D eigenvalue weighted by molar-refractivity contribution is -0.153. The summed E-state index contributed by atoms with van der Waals surface area (Å²) in [4.78, 5) is 34.8. The summed E-state index contributed by atoms with van der Waals surface area (Å²) in [5.41, 5.74) is 5.95. The number of amides is 2. The van der Waals surface area contributed by atoms with Gasteiger partial charge < -0.3 is 20.5 Å². The summed E-state index contributed by atoms with van der Waals surface area (Å²) in [5.74, 6) is -0.907. The van der Waals surface area contributed by atoms with E-state index in [4.69, 9.17) is 15.2 Å². The molecule has 7 heteroatoms. The maximum atomic E-state index is 12.1. The first kappa shape index (κ1) is 19.0. The normalized spacial score (nSPS) is 11.3. The van der Waals surface area contributed by atoms with Crippen LogP contribution in [-0.4, -0.2) is 30.5 Å². The van der Waals surface area contributed by atoms with E-state index in [2.05, 4.69) is 5.32 Å². The highest BCUT2D eigenvalue weighted by Crippen LogP contribution is 2.11. The van der Waals surface area contributed by atoms with E-state index < -0.39 is 23.9 Å². The van der Waals surface area contributed by atoms with Crippen LogP contribution in [0.4, 0.5) is 5.69 Å². The molecule has 26 heavy (non-hydrogen) atoms. The molecule has 0 saturated carbocycles. The Morgan fingerprint density at radius 1 is 1.04 bits per heavy atom. The zero-order valence-corrected chi connectivity index (χ0v) is 14.3. The predicted octanol–water partition coefficient (Wildman–Crippen LogP) is 2.12. The molecule has 136 valence electrons. The van der Waals surface area contributed by atoms with Gasteiger partial charge in [0.2, 0.25) is 5.91 Å². The highest BCUT2D eigenvalue weighted by atomic mass is 16.5. The van der Waals surface area contributed by atoms with E-state index in [0.29, 0.717) is 17.0 Å². The number of nitrogens with two attached hydrogens (primary N) is 1. The number of esters is 1. The van der Waals surface area contributed by atoms with Gasteiger partial charge in [0.15, 0.2) is 6.10 Å². The van der Waals surface area contributed by atoms with Crippen molar-refractivity contribution in [2.75, 3.05) is 11.9 Å². The fourth-order valence-electron chi connectivity index (χ4n) is 2.04. The molecule has 0 radical (unpaired) electrons. The summed E-state index contributed by atoms with van der Waals surface area (Å²) in [5, 5.41) is 2.60. The molecule has 0 spiro atoms. The molecule has 0 aromatic heterocycles. The van der Waals surface area contributed by atoms with Crippen LogP contribution in [-0.2, 0) is 14.3 Å². The topological polar surface area (TPSA) is 108 Å². The van der Waals surface area contributed by atoms with Crippen molar-refractivity contribution in [1.82, 2.24) is 0 Å². The SMILES string of the molecule is C[C@H](OC(=O)CCOc1ccccc1)C(=O)Nc1ccc(C(N)=O)cc1. The fourth-order valence-corrected chi connectivity index (χ4v) is 2.04. The minimum atomic E-state index is -0.963. The van der Waals surface area contributed by atoms with Crippen LogP contribution < -0.4 is 15.8 Å². The number of nitrogens with one attached hydrogen (secondary N) is 1. The summed E-state index contributed by atoms with van der Waals surface area (Å²) in [6.45, 7) is 1.63. The average Bonchev–Trinajstić information content (AvgIpc) is 2.63. The molecule has 0 aliphatic rings. The molecule has 3 N–H and O–H groups in total. The molecule has 2 amide bonds. The Morgan fingerprint density at radius 2 is 1.69 bits per heavy atom. The Kier molecular flexibility index (Phi) is 6.73. The van der Waals surface area contributed by atoms with Crippen molar-refractivity contribution in [2.45, 2.75) is 19.4 Å². The minimum Gasteiger partial charge on any atom is -0.493 e. The molecular formula is C19H20N2O5. The molecule has 0 heterocycles. The first-order valence-electron chi connectivity index (χ1n) is 8.04. The fraction of sp³-hybridized carbons (Fsp3) is 0.211. The van der Waals surface area contributed by atoms with Crippen molar-refractivity contribution < 1.29 is 23.9 Å². The second kappa shape index (κ2) is 9.22. The lowest BCUT2D eigenvalue weighted by Gasteiger charge is -2.14. The van der Waals surface area contributed by atoms with Crippen LogP contribution in [0.3, 0.4) is 0 Å². The van der Waals surface area contributed by atoms with Crippen molar-refractivity contribution in [3.8, 4) is 5.75 Å². The van der Waals surface area contributed by atoms with E-state index >= 15 is 0 Å². The summed E-state index contributed by atoms with van der Waals surface area (Å²) in [7, 11) is 0. The molecule has 0 fully saturated rings. The molecule has 1 atom stereocenters. The standard InChI is InChI=1S/C19H20N2O5/c1-13(19(24)21-15-9-7-14(8-10-15)18(20)23)26-17(22)11-12-25-16-5-3-2-4-6-16/h2-10,13H,11-12H2,1H3,(H2,20,23)(H,21,24)/t13-/m0/s1. The summed E-state index contributed by atoms with van der Waals surface area (Å²) >= 11 is 0. The number of benzene rings is 2. The third-order valence-corrected chi connectivity index (χ3v) is 3.43. The summed E-state index contributed by atoms with van der Waals surface area (Å²) < 4.78 is 10.5. The maximum Gasteiger partial charge on any atom is 0.310 e. The molecular weight excluding hydrogens is 336 g/mol. The van der Waals surface area contributed by atoms with Gasteiger partial charge in [-0.3, -0.25) is 14.4 Å². The second-order valence-corrected chi connectivity index (χ2v) is 5.47. The van der Waals surface area contributed by atoms with Gasteiger partial charge in [-0.2, -0.15) is 0 Å². The first-order valence-corrected chi connectivity index (χ1v) is 8.04. The molecule has 2 rings (SSSR count). The molecule has 0 aliphatic carbocycles. The monoisotopic (exact) mass is 356 g/mol. The van der Waals surface area contributed by atoms with Gasteiger partial charge in [-0.15, -0.1) is 0 Å². The summed E-state index contributed by atoms with van der Waals surface area (Å²) in [6, 6.07) is 15.2. The lowest BCUT2D eigenvalue weighted by atomic mass is 10.2. The number of carbonyl (C=O) groups excluding carboxylic acids is 3. The van der Waals surface area contributed by atoms with Gasteiger partial charge in [0.25, 0.3) is 5.91 Å². The van der Waals surface area contributed by atoms with Crippen LogP contribution in [0, 0.1) is 0 Å². The van der Waals surface area contributed by atoms with E-state index in [9.17, 15) is 14.4 Å². The van der Waals surface area contributed by atoms with Crippen LogP contribution in [0.25, 0.3) is 0 Å². The Morgan fingerprint density at radius 3 is 2.31 bits per heavy atom. The Hall–Kier alpha value is -3.35. The number of anilines is 1. The molecule has 0 aliphatic heterocycles. The van der Waals surface area contributed by atoms with E-state index in [1.165, 1.54) is 19.1 Å². The number of para-hydroxylation sites is 1. The Bertz CT molecular complexity index is 759. The van der Waals surface area contributed by atoms with Crippen LogP contribution in [0.5, 0.6) is 5.75 Å². The average molecular weight is 356 g/mol. The first-order chi connectivity index (χ1) is 12.5. The van der Waals surface area contributed by atoms with E-state index in [0.717, 1.165) is 0 Å². The van der Waals surface area contributed by atoms with Gasteiger partial charge in [-0.05, 0) is 43.3 Å². The van der Waals surface area contributed by atoms with Crippen molar-refractivity contribution in [3.05, 3.63) is 60.2 Å². The number of primary amides is 1. The number of carbonyl (C=O) groups is 3. The molecule has 0 bridgehead atoms. The van der Waals surface area contributed by atoms with Crippen LogP contribution in [0.2, 0.25) is 0 Å². The van der Waals surface area contributed by atoms with Crippen LogP contribution >= 0.6 is 0 Å². The number of hydrogen-bond acceptors (Lipinski definition) is 5. The Labute approximate surface area is 151 Å². The summed E-state index contributed by atoms with van der Waals surface area (Å²) in [6.07, 6.45) is -0.935. The second-order valence-electron chi connectivity index (χ2n) is 5.47. The van der Waals surface area contributed by atoms with Crippen LogP contribution in [0.15, 0.2) is 54.6 Å². The largest absolute Gasteiger partial charge is 0.493 e.